The number of carbonyl (C=O) groups excluding carboxylic acids is 1. The minimum atomic E-state index is -0.353. The molecule has 0 saturated heterocycles. The van der Waals surface area contributed by atoms with Crippen LogP contribution in [0.15, 0.2) is 34.2 Å². The van der Waals surface area contributed by atoms with Crippen LogP contribution in [-0.2, 0) is 24.7 Å². The van der Waals surface area contributed by atoms with Gasteiger partial charge in [-0.15, -0.1) is 11.3 Å². The zero-order valence-corrected chi connectivity index (χ0v) is 16.4. The van der Waals surface area contributed by atoms with Gasteiger partial charge < -0.3 is 5.32 Å². The molecular weight excluding hydrogens is 385 g/mol. The van der Waals surface area contributed by atoms with Crippen LogP contribution in [0.25, 0.3) is 10.2 Å². The Labute approximate surface area is 163 Å². The SMILES string of the molecule is Cn1c(SCC(=O)Nc2ccc(F)cc2)nc2sc3c(c2c1=O)CCCC3. The van der Waals surface area contributed by atoms with Crippen LogP contribution >= 0.6 is 23.1 Å². The summed E-state index contributed by atoms with van der Waals surface area (Å²) in [6, 6.07) is 5.60. The summed E-state index contributed by atoms with van der Waals surface area (Å²) in [7, 11) is 1.70. The Morgan fingerprint density at radius 2 is 2.04 bits per heavy atom. The van der Waals surface area contributed by atoms with E-state index in [0.29, 0.717) is 10.8 Å². The number of nitrogens with one attached hydrogen (secondary N) is 1. The average molecular weight is 404 g/mol. The van der Waals surface area contributed by atoms with Crippen molar-refractivity contribution in [1.82, 2.24) is 9.55 Å². The molecule has 2 aromatic heterocycles. The maximum atomic E-state index is 12.9. The number of aromatic nitrogens is 2. The molecule has 140 valence electrons. The molecule has 0 atom stereocenters. The molecule has 1 aromatic carbocycles. The van der Waals surface area contributed by atoms with E-state index in [1.54, 1.807) is 18.4 Å². The van der Waals surface area contributed by atoms with Crippen molar-refractivity contribution in [2.75, 3.05) is 11.1 Å². The molecule has 0 aliphatic heterocycles. The lowest BCUT2D eigenvalue weighted by molar-refractivity contribution is -0.113. The molecule has 0 fully saturated rings. The highest BCUT2D eigenvalue weighted by Crippen LogP contribution is 2.34. The number of amides is 1. The van der Waals surface area contributed by atoms with E-state index in [1.165, 1.54) is 51.0 Å². The first-order valence-electron chi connectivity index (χ1n) is 8.72. The van der Waals surface area contributed by atoms with Crippen molar-refractivity contribution in [3.05, 3.63) is 50.9 Å². The Morgan fingerprint density at radius 1 is 1.30 bits per heavy atom. The standard InChI is InChI=1S/C19H18FN3O2S2/c1-23-18(25)16-13-4-2-3-5-14(13)27-17(16)22-19(23)26-10-15(24)21-12-8-6-11(20)7-9-12/h6-9H,2-5,10H2,1H3,(H,21,24). The number of benzene rings is 1. The smallest absolute Gasteiger partial charge is 0.262 e. The van der Waals surface area contributed by atoms with Gasteiger partial charge in [0.2, 0.25) is 5.91 Å². The van der Waals surface area contributed by atoms with E-state index in [9.17, 15) is 14.0 Å². The Kier molecular flexibility index (Phi) is 5.01. The largest absolute Gasteiger partial charge is 0.325 e. The van der Waals surface area contributed by atoms with Gasteiger partial charge in [-0.2, -0.15) is 0 Å². The molecule has 1 aliphatic rings. The fraction of sp³-hybridized carbons (Fsp3) is 0.316. The van der Waals surface area contributed by atoms with Crippen LogP contribution in [-0.4, -0.2) is 21.2 Å². The minimum Gasteiger partial charge on any atom is -0.325 e. The first-order chi connectivity index (χ1) is 13.0. The molecule has 5 nitrogen and oxygen atoms in total. The van der Waals surface area contributed by atoms with Crippen molar-refractivity contribution in [2.24, 2.45) is 7.05 Å². The zero-order valence-electron chi connectivity index (χ0n) is 14.8. The summed E-state index contributed by atoms with van der Waals surface area (Å²) in [5, 5.41) is 3.99. The topological polar surface area (TPSA) is 64.0 Å². The summed E-state index contributed by atoms with van der Waals surface area (Å²) in [6.45, 7) is 0. The lowest BCUT2D eigenvalue weighted by atomic mass is 9.97. The predicted molar refractivity (Wildman–Crippen MR) is 107 cm³/mol. The molecule has 0 saturated carbocycles. The van der Waals surface area contributed by atoms with Crippen molar-refractivity contribution in [3.63, 3.8) is 0 Å². The van der Waals surface area contributed by atoms with Gasteiger partial charge in [0, 0.05) is 17.6 Å². The number of carbonyl (C=O) groups is 1. The maximum absolute atomic E-state index is 12.9. The second-order valence-electron chi connectivity index (χ2n) is 6.49. The van der Waals surface area contributed by atoms with Crippen LogP contribution in [0.1, 0.15) is 23.3 Å². The van der Waals surface area contributed by atoms with Crippen molar-refractivity contribution >= 4 is 44.9 Å². The molecule has 0 radical (unpaired) electrons. The normalized spacial score (nSPS) is 13.6. The predicted octanol–water partition coefficient (Wildman–Crippen LogP) is 3.74. The Morgan fingerprint density at radius 3 is 2.81 bits per heavy atom. The average Bonchev–Trinajstić information content (AvgIpc) is 3.04. The van der Waals surface area contributed by atoms with Gasteiger partial charge >= 0.3 is 0 Å². The third kappa shape index (κ3) is 3.64. The number of thiophene rings is 1. The molecule has 3 aromatic rings. The zero-order chi connectivity index (χ0) is 19.0. The molecule has 0 bridgehead atoms. The number of halogens is 1. The van der Waals surface area contributed by atoms with Gasteiger partial charge in [0.25, 0.3) is 5.56 Å². The molecule has 0 unspecified atom stereocenters. The van der Waals surface area contributed by atoms with Crippen molar-refractivity contribution < 1.29 is 9.18 Å². The molecule has 2 heterocycles. The number of hydrogen-bond donors (Lipinski definition) is 1. The van der Waals surface area contributed by atoms with Gasteiger partial charge in [-0.3, -0.25) is 14.2 Å². The highest BCUT2D eigenvalue weighted by atomic mass is 32.2. The van der Waals surface area contributed by atoms with Gasteiger partial charge in [0.15, 0.2) is 5.16 Å². The van der Waals surface area contributed by atoms with Crippen LogP contribution in [0.5, 0.6) is 0 Å². The number of aryl methyl sites for hydroxylation is 2. The van der Waals surface area contributed by atoms with E-state index in [0.717, 1.165) is 35.9 Å². The van der Waals surface area contributed by atoms with Gasteiger partial charge in [0.05, 0.1) is 11.1 Å². The third-order valence-electron chi connectivity index (χ3n) is 4.62. The van der Waals surface area contributed by atoms with Crippen LogP contribution in [0.4, 0.5) is 10.1 Å². The van der Waals surface area contributed by atoms with Crippen LogP contribution in [0.3, 0.4) is 0 Å². The number of fused-ring (bicyclic) bond motifs is 3. The summed E-state index contributed by atoms with van der Waals surface area (Å²) in [6.07, 6.45) is 4.23. The van der Waals surface area contributed by atoms with E-state index in [2.05, 4.69) is 10.3 Å². The quantitative estimate of drug-likeness (QED) is 0.532. The summed E-state index contributed by atoms with van der Waals surface area (Å²) in [4.78, 5) is 31.7. The van der Waals surface area contributed by atoms with Crippen LogP contribution in [0.2, 0.25) is 0 Å². The second-order valence-corrected chi connectivity index (χ2v) is 8.52. The molecule has 1 amide bonds. The van der Waals surface area contributed by atoms with E-state index < -0.39 is 0 Å². The number of thioether (sulfide) groups is 1. The minimum absolute atomic E-state index is 0.0409. The van der Waals surface area contributed by atoms with Crippen molar-refractivity contribution in [1.29, 1.82) is 0 Å². The Balaban J connectivity index is 1.53. The first-order valence-corrected chi connectivity index (χ1v) is 10.5. The maximum Gasteiger partial charge on any atom is 0.262 e. The monoisotopic (exact) mass is 403 g/mol. The van der Waals surface area contributed by atoms with Gasteiger partial charge in [-0.05, 0) is 55.5 Å². The molecule has 1 N–H and O–H groups in total. The summed E-state index contributed by atoms with van der Waals surface area (Å²) in [5.74, 6) is -0.464. The van der Waals surface area contributed by atoms with Crippen molar-refractivity contribution in [3.8, 4) is 0 Å². The molecule has 27 heavy (non-hydrogen) atoms. The molecule has 4 rings (SSSR count). The first kappa shape index (κ1) is 18.2. The second kappa shape index (κ2) is 7.44. The molecule has 0 spiro atoms. The van der Waals surface area contributed by atoms with E-state index in [1.807, 2.05) is 0 Å². The van der Waals surface area contributed by atoms with Gasteiger partial charge in [-0.1, -0.05) is 11.8 Å². The van der Waals surface area contributed by atoms with E-state index in [-0.39, 0.29) is 23.0 Å². The third-order valence-corrected chi connectivity index (χ3v) is 6.83. The summed E-state index contributed by atoms with van der Waals surface area (Å²) in [5.41, 5.74) is 1.66. The highest BCUT2D eigenvalue weighted by Gasteiger charge is 2.21. The Hall–Kier alpha value is -2.19. The van der Waals surface area contributed by atoms with Crippen LogP contribution < -0.4 is 10.9 Å². The number of rotatable bonds is 4. The molecule has 8 heteroatoms. The lowest BCUT2D eigenvalue weighted by Crippen LogP contribution is -2.22. The summed E-state index contributed by atoms with van der Waals surface area (Å²) >= 11 is 2.83. The lowest BCUT2D eigenvalue weighted by Gasteiger charge is -2.11. The fourth-order valence-electron chi connectivity index (χ4n) is 3.26. The fourth-order valence-corrected chi connectivity index (χ4v) is 5.33. The number of anilines is 1. The van der Waals surface area contributed by atoms with Crippen LogP contribution in [0, 0.1) is 5.82 Å². The molecular formula is C19H18FN3O2S2. The van der Waals surface area contributed by atoms with Crippen molar-refractivity contribution in [2.45, 2.75) is 30.8 Å². The number of hydrogen-bond acceptors (Lipinski definition) is 5. The van der Waals surface area contributed by atoms with Gasteiger partial charge in [0.1, 0.15) is 10.6 Å². The number of nitrogens with zero attached hydrogens (tertiary/aromatic N) is 2. The summed E-state index contributed by atoms with van der Waals surface area (Å²) < 4.78 is 14.5. The van der Waals surface area contributed by atoms with Gasteiger partial charge in [-0.25, -0.2) is 9.37 Å². The molecule has 1 aliphatic carbocycles. The highest BCUT2D eigenvalue weighted by molar-refractivity contribution is 7.99. The Bertz CT molecular complexity index is 1070. The van der Waals surface area contributed by atoms with E-state index in [4.69, 9.17) is 0 Å². The van der Waals surface area contributed by atoms with E-state index >= 15 is 0 Å².